The molecule has 1 aromatic heterocycles. The van der Waals surface area contributed by atoms with Crippen molar-refractivity contribution in [1.29, 1.82) is 0 Å². The molecule has 3 aromatic carbocycles. The molecular formula is C22H19N3O3S. The highest BCUT2D eigenvalue weighted by Gasteiger charge is 2.20. The van der Waals surface area contributed by atoms with Crippen LogP contribution in [0, 0.1) is 0 Å². The van der Waals surface area contributed by atoms with Gasteiger partial charge < -0.3 is 10.3 Å². The number of anilines is 1. The minimum atomic E-state index is -3.49. The van der Waals surface area contributed by atoms with Gasteiger partial charge in [0.1, 0.15) is 5.82 Å². The Morgan fingerprint density at radius 1 is 0.966 bits per heavy atom. The first-order valence-corrected chi connectivity index (χ1v) is 10.8. The van der Waals surface area contributed by atoms with Gasteiger partial charge in [-0.2, -0.15) is 0 Å². The topological polar surface area (TPSA) is 91.9 Å². The highest BCUT2D eigenvalue weighted by atomic mass is 32.2. The lowest BCUT2D eigenvalue weighted by molar-refractivity contribution is 0.102. The fourth-order valence-corrected chi connectivity index (χ4v) is 4.17. The summed E-state index contributed by atoms with van der Waals surface area (Å²) in [5.41, 5.74) is 3.42. The number of hydrogen-bond donors (Lipinski definition) is 2. The molecule has 1 heterocycles. The Bertz CT molecular complexity index is 1260. The molecule has 1 amide bonds. The maximum Gasteiger partial charge on any atom is 0.256 e. The summed E-state index contributed by atoms with van der Waals surface area (Å²) in [7, 11) is -3.49. The molecule has 4 aromatic rings. The van der Waals surface area contributed by atoms with Crippen LogP contribution in [-0.2, 0) is 9.84 Å². The van der Waals surface area contributed by atoms with Crippen molar-refractivity contribution < 1.29 is 13.2 Å². The van der Waals surface area contributed by atoms with Gasteiger partial charge in [0.25, 0.3) is 5.91 Å². The highest BCUT2D eigenvalue weighted by Crippen LogP contribution is 2.23. The van der Waals surface area contributed by atoms with Crippen molar-refractivity contribution in [3.63, 3.8) is 0 Å². The third-order valence-corrected chi connectivity index (χ3v) is 6.44. The van der Waals surface area contributed by atoms with E-state index in [4.69, 9.17) is 0 Å². The lowest BCUT2D eigenvalue weighted by atomic mass is 10.1. The molecule has 29 heavy (non-hydrogen) atoms. The second kappa shape index (κ2) is 7.52. The van der Waals surface area contributed by atoms with E-state index in [2.05, 4.69) is 15.3 Å². The maximum atomic E-state index is 12.7. The van der Waals surface area contributed by atoms with Gasteiger partial charge in [0.15, 0.2) is 9.84 Å². The summed E-state index contributed by atoms with van der Waals surface area (Å²) in [5.74, 6) is 0.210. The van der Waals surface area contributed by atoms with Gasteiger partial charge in [-0.15, -0.1) is 0 Å². The molecule has 0 spiro atoms. The Hall–Kier alpha value is -3.45. The van der Waals surface area contributed by atoms with Crippen LogP contribution in [0.1, 0.15) is 17.3 Å². The summed E-state index contributed by atoms with van der Waals surface area (Å²) in [6.07, 6.45) is 0. The fraction of sp³-hybridized carbons (Fsp3) is 0.0909. The molecule has 0 aliphatic rings. The number of nitrogens with zero attached hydrogens (tertiary/aromatic N) is 1. The van der Waals surface area contributed by atoms with Crippen molar-refractivity contribution in [2.24, 2.45) is 0 Å². The van der Waals surface area contributed by atoms with Gasteiger partial charge >= 0.3 is 0 Å². The van der Waals surface area contributed by atoms with Crippen LogP contribution in [0.2, 0.25) is 0 Å². The van der Waals surface area contributed by atoms with Gasteiger partial charge in [0.05, 0.1) is 27.2 Å². The number of aromatic amines is 1. The van der Waals surface area contributed by atoms with E-state index in [1.54, 1.807) is 31.2 Å². The molecule has 0 radical (unpaired) electrons. The number of H-pyrrole nitrogens is 1. The molecule has 0 atom stereocenters. The van der Waals surface area contributed by atoms with Crippen LogP contribution in [0.5, 0.6) is 0 Å². The van der Waals surface area contributed by atoms with Gasteiger partial charge in [-0.25, -0.2) is 13.4 Å². The second-order valence-corrected chi connectivity index (χ2v) is 8.78. The van der Waals surface area contributed by atoms with E-state index >= 15 is 0 Å². The van der Waals surface area contributed by atoms with Crippen LogP contribution < -0.4 is 5.32 Å². The van der Waals surface area contributed by atoms with Gasteiger partial charge in [-0.05, 0) is 48.5 Å². The minimum Gasteiger partial charge on any atom is -0.338 e. The number of benzene rings is 3. The van der Waals surface area contributed by atoms with Crippen LogP contribution in [0.3, 0.4) is 0 Å². The van der Waals surface area contributed by atoms with Crippen molar-refractivity contribution >= 4 is 32.5 Å². The van der Waals surface area contributed by atoms with E-state index in [1.807, 2.05) is 36.4 Å². The molecule has 146 valence electrons. The number of rotatable bonds is 5. The van der Waals surface area contributed by atoms with E-state index in [0.29, 0.717) is 5.69 Å². The monoisotopic (exact) mass is 405 g/mol. The summed E-state index contributed by atoms with van der Waals surface area (Å²) < 4.78 is 24.5. The van der Waals surface area contributed by atoms with Crippen LogP contribution in [0.25, 0.3) is 22.4 Å². The number of imidazole rings is 1. The zero-order valence-electron chi connectivity index (χ0n) is 15.7. The Balaban J connectivity index is 1.57. The zero-order valence-corrected chi connectivity index (χ0v) is 16.5. The van der Waals surface area contributed by atoms with E-state index in [0.717, 1.165) is 22.4 Å². The number of carbonyl (C=O) groups is 1. The van der Waals surface area contributed by atoms with Crippen molar-refractivity contribution in [3.8, 4) is 11.4 Å². The van der Waals surface area contributed by atoms with Crippen LogP contribution >= 0.6 is 0 Å². The molecule has 0 saturated carbocycles. The number of amides is 1. The van der Waals surface area contributed by atoms with Crippen LogP contribution in [0.4, 0.5) is 5.69 Å². The standard InChI is InChI=1S/C22H19N3O3S/c1-2-29(27,28)20-10-6-3-7-17(20)22(26)23-16-13-11-15(12-14-16)21-24-18-8-4-5-9-19(18)25-21/h3-14H,2H2,1H3,(H,23,26)(H,24,25). The summed E-state index contributed by atoms with van der Waals surface area (Å²) in [5, 5.41) is 2.77. The van der Waals surface area contributed by atoms with Gasteiger partial charge in [-0.1, -0.05) is 31.2 Å². The Kier molecular flexibility index (Phi) is 4.90. The predicted octanol–water partition coefficient (Wildman–Crippen LogP) is 4.28. The first kappa shape index (κ1) is 18.9. The van der Waals surface area contributed by atoms with Crippen LogP contribution in [-0.4, -0.2) is 30.0 Å². The average molecular weight is 405 g/mol. The molecule has 6 nitrogen and oxygen atoms in total. The third kappa shape index (κ3) is 3.77. The average Bonchev–Trinajstić information content (AvgIpc) is 3.18. The van der Waals surface area contributed by atoms with E-state index in [-0.39, 0.29) is 16.2 Å². The molecule has 0 aliphatic heterocycles. The van der Waals surface area contributed by atoms with E-state index < -0.39 is 15.7 Å². The summed E-state index contributed by atoms with van der Waals surface area (Å²) in [6, 6.07) is 21.2. The summed E-state index contributed by atoms with van der Waals surface area (Å²) in [4.78, 5) is 20.5. The SMILES string of the molecule is CCS(=O)(=O)c1ccccc1C(=O)Nc1ccc(-c2nc3ccccc3[nH]2)cc1. The molecule has 0 bridgehead atoms. The number of aromatic nitrogens is 2. The van der Waals surface area contributed by atoms with Gasteiger partial charge in [-0.3, -0.25) is 4.79 Å². The number of hydrogen-bond acceptors (Lipinski definition) is 4. The number of sulfone groups is 1. The smallest absolute Gasteiger partial charge is 0.256 e. The first-order chi connectivity index (χ1) is 14.0. The van der Waals surface area contributed by atoms with Crippen molar-refractivity contribution in [3.05, 3.63) is 78.4 Å². The molecule has 0 saturated heterocycles. The molecule has 2 N–H and O–H groups in total. The lowest BCUT2D eigenvalue weighted by Gasteiger charge is -2.10. The first-order valence-electron chi connectivity index (χ1n) is 9.16. The molecule has 0 unspecified atom stereocenters. The van der Waals surface area contributed by atoms with Gasteiger partial charge in [0, 0.05) is 11.3 Å². The molecular weight excluding hydrogens is 386 g/mol. The Morgan fingerprint density at radius 3 is 2.38 bits per heavy atom. The predicted molar refractivity (Wildman–Crippen MR) is 114 cm³/mol. The largest absolute Gasteiger partial charge is 0.338 e. The zero-order chi connectivity index (χ0) is 20.4. The number of para-hydroxylation sites is 2. The second-order valence-electron chi connectivity index (χ2n) is 6.53. The normalized spacial score (nSPS) is 11.5. The highest BCUT2D eigenvalue weighted by molar-refractivity contribution is 7.91. The van der Waals surface area contributed by atoms with Crippen molar-refractivity contribution in [2.75, 3.05) is 11.1 Å². The maximum absolute atomic E-state index is 12.7. The molecule has 7 heteroatoms. The quantitative estimate of drug-likeness (QED) is 0.518. The minimum absolute atomic E-state index is 0.0406. The number of fused-ring (bicyclic) bond motifs is 1. The van der Waals surface area contributed by atoms with Gasteiger partial charge in [0.2, 0.25) is 0 Å². The third-order valence-electron chi connectivity index (χ3n) is 4.65. The Labute approximate surface area is 168 Å². The molecule has 0 aliphatic carbocycles. The van der Waals surface area contributed by atoms with Crippen LogP contribution in [0.15, 0.2) is 77.7 Å². The Morgan fingerprint density at radius 2 is 1.66 bits per heavy atom. The lowest BCUT2D eigenvalue weighted by Crippen LogP contribution is -2.17. The van der Waals surface area contributed by atoms with E-state index in [1.165, 1.54) is 12.1 Å². The van der Waals surface area contributed by atoms with Crippen molar-refractivity contribution in [2.45, 2.75) is 11.8 Å². The summed E-state index contributed by atoms with van der Waals surface area (Å²) >= 11 is 0. The van der Waals surface area contributed by atoms with E-state index in [9.17, 15) is 13.2 Å². The number of carbonyl (C=O) groups excluding carboxylic acids is 1. The fourth-order valence-electron chi connectivity index (χ4n) is 3.08. The van der Waals surface area contributed by atoms with Crippen molar-refractivity contribution in [1.82, 2.24) is 9.97 Å². The molecule has 4 rings (SSSR count). The molecule has 0 fully saturated rings. The summed E-state index contributed by atoms with van der Waals surface area (Å²) in [6.45, 7) is 1.56. The number of nitrogens with one attached hydrogen (secondary N) is 2.